The van der Waals surface area contributed by atoms with E-state index in [4.69, 9.17) is 5.73 Å². The van der Waals surface area contributed by atoms with E-state index in [1.807, 2.05) is 0 Å². The first kappa shape index (κ1) is 10.5. The number of aliphatic hydroxyl groups excluding tert-OH is 1. The van der Waals surface area contributed by atoms with Crippen LogP contribution in [0.15, 0.2) is 0 Å². The summed E-state index contributed by atoms with van der Waals surface area (Å²) in [6.45, 7) is 0.580. The summed E-state index contributed by atoms with van der Waals surface area (Å²) in [4.78, 5) is 10.4. The largest absolute Gasteiger partial charge is 0.392 e. The predicted octanol–water partition coefficient (Wildman–Crippen LogP) is -0.245. The van der Waals surface area contributed by atoms with Crippen LogP contribution in [0.4, 0.5) is 0 Å². The summed E-state index contributed by atoms with van der Waals surface area (Å²) in [5.41, 5.74) is 5.00. The Morgan fingerprint density at radius 1 is 1.46 bits per heavy atom. The van der Waals surface area contributed by atoms with Crippen LogP contribution in [0.3, 0.4) is 0 Å². The van der Waals surface area contributed by atoms with Crippen LogP contribution in [0.2, 0.25) is 0 Å². The van der Waals surface area contributed by atoms with E-state index < -0.39 is 0 Å². The number of amides is 1. The number of carbonyl (C=O) groups is 1. The first-order valence-corrected chi connectivity index (χ1v) is 4.90. The maximum Gasteiger partial charge on any atom is 0.218 e. The first-order valence-electron chi connectivity index (χ1n) is 4.90. The van der Waals surface area contributed by atoms with Crippen molar-refractivity contribution in [2.24, 2.45) is 5.73 Å². The molecule has 0 unspecified atom stereocenters. The molecule has 0 radical (unpaired) electrons. The molecule has 1 aliphatic carbocycles. The van der Waals surface area contributed by atoms with Crippen LogP contribution in [0.1, 0.15) is 32.1 Å². The van der Waals surface area contributed by atoms with Gasteiger partial charge in [-0.25, -0.2) is 0 Å². The van der Waals surface area contributed by atoms with Crippen LogP contribution in [-0.2, 0) is 4.79 Å². The van der Waals surface area contributed by atoms with Crippen molar-refractivity contribution in [2.45, 2.75) is 44.2 Å². The minimum atomic E-state index is -0.294. The van der Waals surface area contributed by atoms with Crippen molar-refractivity contribution in [1.82, 2.24) is 5.32 Å². The number of aliphatic hydroxyl groups is 1. The van der Waals surface area contributed by atoms with Crippen molar-refractivity contribution < 1.29 is 9.90 Å². The van der Waals surface area contributed by atoms with Crippen molar-refractivity contribution >= 4 is 5.91 Å². The van der Waals surface area contributed by atoms with Gasteiger partial charge in [-0.2, -0.15) is 0 Å². The normalized spacial score (nSPS) is 28.7. The molecule has 0 spiro atoms. The van der Waals surface area contributed by atoms with Crippen LogP contribution >= 0.6 is 0 Å². The Hall–Kier alpha value is -0.610. The summed E-state index contributed by atoms with van der Waals surface area (Å²) in [6, 6.07) is 0.160. The van der Waals surface area contributed by atoms with E-state index in [0.29, 0.717) is 13.0 Å². The van der Waals surface area contributed by atoms with Gasteiger partial charge in [-0.15, -0.1) is 0 Å². The van der Waals surface area contributed by atoms with Gasteiger partial charge in [0.05, 0.1) is 6.10 Å². The third-order valence-corrected chi connectivity index (χ3v) is 2.51. The lowest BCUT2D eigenvalue weighted by atomic mass is 9.92. The lowest BCUT2D eigenvalue weighted by molar-refractivity contribution is -0.118. The molecule has 2 atom stereocenters. The average molecular weight is 186 g/mol. The zero-order chi connectivity index (χ0) is 9.68. The topological polar surface area (TPSA) is 75.4 Å². The highest BCUT2D eigenvalue weighted by Gasteiger charge is 2.21. The Balaban J connectivity index is 2.15. The van der Waals surface area contributed by atoms with E-state index in [1.165, 1.54) is 0 Å². The van der Waals surface area contributed by atoms with Gasteiger partial charge in [0.2, 0.25) is 5.91 Å². The van der Waals surface area contributed by atoms with Crippen LogP contribution in [0, 0.1) is 0 Å². The maximum atomic E-state index is 10.4. The smallest absolute Gasteiger partial charge is 0.218 e. The zero-order valence-electron chi connectivity index (χ0n) is 7.83. The Bertz CT molecular complexity index is 173. The monoisotopic (exact) mass is 186 g/mol. The molecule has 0 heterocycles. The Kier molecular flexibility index (Phi) is 4.18. The van der Waals surface area contributed by atoms with Gasteiger partial charge in [0, 0.05) is 19.0 Å². The Morgan fingerprint density at radius 2 is 2.15 bits per heavy atom. The van der Waals surface area contributed by atoms with Gasteiger partial charge < -0.3 is 16.2 Å². The summed E-state index contributed by atoms with van der Waals surface area (Å²) >= 11 is 0. The van der Waals surface area contributed by atoms with Crippen molar-refractivity contribution in [3.63, 3.8) is 0 Å². The molecule has 1 aliphatic rings. The van der Waals surface area contributed by atoms with Crippen molar-refractivity contribution in [2.75, 3.05) is 6.54 Å². The highest BCUT2D eigenvalue weighted by atomic mass is 16.3. The SMILES string of the molecule is NC(=O)CCN[C@H]1CCCC[C@@H]1O. The lowest BCUT2D eigenvalue weighted by Crippen LogP contribution is -2.43. The number of nitrogens with one attached hydrogen (secondary N) is 1. The number of hydrogen-bond donors (Lipinski definition) is 3. The molecule has 0 aromatic heterocycles. The molecule has 0 aromatic rings. The molecule has 13 heavy (non-hydrogen) atoms. The van der Waals surface area contributed by atoms with Gasteiger partial charge in [-0.05, 0) is 12.8 Å². The molecule has 4 heteroatoms. The summed E-state index contributed by atoms with van der Waals surface area (Å²) in [5, 5.41) is 12.7. The molecule has 0 aromatic carbocycles. The summed E-state index contributed by atoms with van der Waals surface area (Å²) < 4.78 is 0. The molecule has 1 rings (SSSR count). The van der Waals surface area contributed by atoms with Crippen LogP contribution in [0.25, 0.3) is 0 Å². The summed E-state index contributed by atoms with van der Waals surface area (Å²) in [7, 11) is 0. The second-order valence-electron chi connectivity index (χ2n) is 3.63. The van der Waals surface area contributed by atoms with Gasteiger partial charge >= 0.3 is 0 Å². The molecule has 1 fully saturated rings. The molecule has 1 saturated carbocycles. The van der Waals surface area contributed by atoms with Crippen LogP contribution in [0.5, 0.6) is 0 Å². The molecule has 76 valence electrons. The van der Waals surface area contributed by atoms with E-state index in [2.05, 4.69) is 5.32 Å². The number of rotatable bonds is 4. The van der Waals surface area contributed by atoms with Gasteiger partial charge in [-0.1, -0.05) is 12.8 Å². The fourth-order valence-electron chi connectivity index (χ4n) is 1.73. The molecular formula is C9H18N2O2. The first-order chi connectivity index (χ1) is 6.20. The molecule has 1 amide bonds. The number of nitrogens with two attached hydrogens (primary N) is 1. The molecule has 0 saturated heterocycles. The quantitative estimate of drug-likeness (QED) is 0.567. The van der Waals surface area contributed by atoms with Crippen molar-refractivity contribution in [1.29, 1.82) is 0 Å². The van der Waals surface area contributed by atoms with Gasteiger partial charge in [0.15, 0.2) is 0 Å². The lowest BCUT2D eigenvalue weighted by Gasteiger charge is -2.28. The second-order valence-corrected chi connectivity index (χ2v) is 3.63. The molecule has 4 N–H and O–H groups in total. The minimum Gasteiger partial charge on any atom is -0.392 e. The highest BCUT2D eigenvalue weighted by molar-refractivity contribution is 5.73. The predicted molar refractivity (Wildman–Crippen MR) is 50.1 cm³/mol. The third-order valence-electron chi connectivity index (χ3n) is 2.51. The Labute approximate surface area is 78.5 Å². The number of carbonyl (C=O) groups excluding carboxylic acids is 1. The van der Waals surface area contributed by atoms with Crippen LogP contribution in [-0.4, -0.2) is 29.7 Å². The third kappa shape index (κ3) is 3.74. The average Bonchev–Trinajstić information content (AvgIpc) is 2.08. The van der Waals surface area contributed by atoms with E-state index in [1.54, 1.807) is 0 Å². The second kappa shape index (κ2) is 5.19. The molecule has 0 aliphatic heterocycles. The van der Waals surface area contributed by atoms with Gasteiger partial charge in [-0.3, -0.25) is 4.79 Å². The maximum absolute atomic E-state index is 10.4. The fraction of sp³-hybridized carbons (Fsp3) is 0.889. The highest BCUT2D eigenvalue weighted by Crippen LogP contribution is 2.17. The van der Waals surface area contributed by atoms with Gasteiger partial charge in [0.25, 0.3) is 0 Å². The van der Waals surface area contributed by atoms with E-state index >= 15 is 0 Å². The van der Waals surface area contributed by atoms with Gasteiger partial charge in [0.1, 0.15) is 0 Å². The van der Waals surface area contributed by atoms with E-state index in [0.717, 1.165) is 25.7 Å². The molecule has 0 bridgehead atoms. The minimum absolute atomic E-state index is 0.160. The van der Waals surface area contributed by atoms with Crippen molar-refractivity contribution in [3.05, 3.63) is 0 Å². The van der Waals surface area contributed by atoms with E-state index in [9.17, 15) is 9.90 Å². The van der Waals surface area contributed by atoms with Crippen molar-refractivity contribution in [3.8, 4) is 0 Å². The zero-order valence-corrected chi connectivity index (χ0v) is 7.83. The molecular weight excluding hydrogens is 168 g/mol. The standard InChI is InChI=1S/C9H18N2O2/c10-9(13)5-6-11-7-3-1-2-4-8(7)12/h7-8,11-12H,1-6H2,(H2,10,13)/t7-,8-/m0/s1. The summed E-state index contributed by atoms with van der Waals surface area (Å²) in [6.07, 6.45) is 4.24. The van der Waals surface area contributed by atoms with E-state index in [-0.39, 0.29) is 18.1 Å². The number of primary amides is 1. The summed E-state index contributed by atoms with van der Waals surface area (Å²) in [5.74, 6) is -0.294. The Morgan fingerprint density at radius 3 is 2.77 bits per heavy atom. The fourth-order valence-corrected chi connectivity index (χ4v) is 1.73. The molecule has 4 nitrogen and oxygen atoms in total. The van der Waals surface area contributed by atoms with Crippen LogP contribution < -0.4 is 11.1 Å². The number of hydrogen-bond acceptors (Lipinski definition) is 3.